The van der Waals surface area contributed by atoms with E-state index in [4.69, 9.17) is 6.57 Å². The largest absolute Gasteiger partial charge is 0.388 e. The first kappa shape index (κ1) is 14.2. The molecule has 0 aliphatic heterocycles. The molecule has 0 amide bonds. The van der Waals surface area contributed by atoms with E-state index in [0.717, 1.165) is 22.5 Å². The van der Waals surface area contributed by atoms with Crippen molar-refractivity contribution in [1.29, 1.82) is 0 Å². The topological polar surface area (TPSA) is 41.6 Å². The molecular weight excluding hydrogens is 250 g/mol. The summed E-state index contributed by atoms with van der Waals surface area (Å²) in [6.07, 6.45) is 0. The number of nitrogens with zero attached hydrogens (tertiary/aromatic N) is 2. The Bertz CT molecular complexity index is 672. The lowest BCUT2D eigenvalue weighted by Crippen LogP contribution is -2.17. The van der Waals surface area contributed by atoms with E-state index in [2.05, 4.69) is 10.2 Å². The standard InChI is InChI=1S/C16H19N3O/c1-16(2,20)12-10-11(6-7-13(12)17-3)14-8-9-15(18-4)19(14)5/h6-10,17,20H,1-3,5H3. The fraction of sp³-hybridized carbons (Fsp3) is 0.312. The van der Waals surface area contributed by atoms with Gasteiger partial charge < -0.3 is 15.3 Å². The van der Waals surface area contributed by atoms with Crippen LogP contribution in [0.3, 0.4) is 0 Å². The summed E-state index contributed by atoms with van der Waals surface area (Å²) in [5.41, 5.74) is 2.76. The van der Waals surface area contributed by atoms with Crippen LogP contribution in [0.5, 0.6) is 0 Å². The quantitative estimate of drug-likeness (QED) is 0.837. The third-order valence-corrected chi connectivity index (χ3v) is 3.45. The molecule has 0 saturated heterocycles. The zero-order valence-corrected chi connectivity index (χ0v) is 12.2. The Morgan fingerprint density at radius 1 is 1.25 bits per heavy atom. The number of benzene rings is 1. The number of aliphatic hydroxyl groups is 1. The molecule has 20 heavy (non-hydrogen) atoms. The summed E-state index contributed by atoms with van der Waals surface area (Å²) >= 11 is 0. The highest BCUT2D eigenvalue weighted by Crippen LogP contribution is 2.33. The maximum Gasteiger partial charge on any atom is 0.230 e. The minimum Gasteiger partial charge on any atom is -0.388 e. The average molecular weight is 269 g/mol. The van der Waals surface area contributed by atoms with Crippen LogP contribution in [-0.4, -0.2) is 16.7 Å². The first-order valence-corrected chi connectivity index (χ1v) is 6.46. The van der Waals surface area contributed by atoms with Gasteiger partial charge in [0, 0.05) is 23.9 Å². The highest BCUT2D eigenvalue weighted by Gasteiger charge is 2.21. The molecule has 1 aromatic heterocycles. The van der Waals surface area contributed by atoms with Crippen molar-refractivity contribution in [2.24, 2.45) is 7.05 Å². The summed E-state index contributed by atoms with van der Waals surface area (Å²) in [5.74, 6) is 0.600. The van der Waals surface area contributed by atoms with Crippen molar-refractivity contribution in [3.8, 4) is 11.3 Å². The zero-order valence-electron chi connectivity index (χ0n) is 12.2. The molecule has 0 radical (unpaired) electrons. The molecule has 4 heteroatoms. The van der Waals surface area contributed by atoms with Crippen molar-refractivity contribution in [1.82, 2.24) is 4.57 Å². The predicted molar refractivity (Wildman–Crippen MR) is 81.9 cm³/mol. The van der Waals surface area contributed by atoms with E-state index in [1.807, 2.05) is 42.9 Å². The van der Waals surface area contributed by atoms with Gasteiger partial charge in [0.15, 0.2) is 0 Å². The van der Waals surface area contributed by atoms with Gasteiger partial charge in [-0.3, -0.25) is 4.57 Å². The third kappa shape index (κ3) is 2.40. The van der Waals surface area contributed by atoms with Crippen LogP contribution in [0.2, 0.25) is 0 Å². The molecule has 1 heterocycles. The lowest BCUT2D eigenvalue weighted by Gasteiger charge is -2.22. The number of hydrogen-bond acceptors (Lipinski definition) is 2. The summed E-state index contributed by atoms with van der Waals surface area (Å²) in [6.45, 7) is 10.7. The van der Waals surface area contributed by atoms with E-state index >= 15 is 0 Å². The summed E-state index contributed by atoms with van der Waals surface area (Å²) in [6, 6.07) is 9.64. The molecule has 0 bridgehead atoms. The van der Waals surface area contributed by atoms with Crippen LogP contribution in [-0.2, 0) is 12.6 Å². The fourth-order valence-electron chi connectivity index (χ4n) is 2.33. The van der Waals surface area contributed by atoms with Crippen molar-refractivity contribution in [2.75, 3.05) is 12.4 Å². The molecule has 0 aliphatic carbocycles. The van der Waals surface area contributed by atoms with Crippen LogP contribution >= 0.6 is 0 Å². The van der Waals surface area contributed by atoms with Gasteiger partial charge >= 0.3 is 0 Å². The highest BCUT2D eigenvalue weighted by atomic mass is 16.3. The van der Waals surface area contributed by atoms with E-state index in [1.165, 1.54) is 0 Å². The van der Waals surface area contributed by atoms with Crippen molar-refractivity contribution in [2.45, 2.75) is 19.4 Å². The average Bonchev–Trinajstić information content (AvgIpc) is 2.78. The normalized spacial score (nSPS) is 11.2. The van der Waals surface area contributed by atoms with Crippen LogP contribution in [0.4, 0.5) is 11.5 Å². The maximum atomic E-state index is 10.3. The Morgan fingerprint density at radius 2 is 1.95 bits per heavy atom. The maximum absolute atomic E-state index is 10.3. The molecule has 2 rings (SSSR count). The Morgan fingerprint density at radius 3 is 2.45 bits per heavy atom. The number of aromatic nitrogens is 1. The summed E-state index contributed by atoms with van der Waals surface area (Å²) in [7, 11) is 3.71. The second-order valence-corrected chi connectivity index (χ2v) is 5.32. The van der Waals surface area contributed by atoms with Gasteiger partial charge in [0.1, 0.15) is 5.69 Å². The molecule has 0 spiro atoms. The molecule has 0 fully saturated rings. The fourth-order valence-corrected chi connectivity index (χ4v) is 2.33. The van der Waals surface area contributed by atoms with Crippen LogP contribution in [0.25, 0.3) is 16.1 Å². The van der Waals surface area contributed by atoms with Crippen molar-refractivity contribution < 1.29 is 5.11 Å². The molecule has 2 N–H and O–H groups in total. The molecular formula is C16H19N3O. The summed E-state index contributed by atoms with van der Waals surface area (Å²) < 4.78 is 1.86. The lowest BCUT2D eigenvalue weighted by molar-refractivity contribution is 0.0794. The number of rotatable bonds is 3. The molecule has 2 aromatic rings. The Labute approximate surface area is 119 Å². The van der Waals surface area contributed by atoms with Crippen LogP contribution in [0, 0.1) is 6.57 Å². The lowest BCUT2D eigenvalue weighted by atomic mass is 9.93. The summed E-state index contributed by atoms with van der Waals surface area (Å²) in [5, 5.41) is 13.4. The molecule has 1 aromatic carbocycles. The van der Waals surface area contributed by atoms with E-state index in [0.29, 0.717) is 5.82 Å². The third-order valence-electron chi connectivity index (χ3n) is 3.45. The van der Waals surface area contributed by atoms with E-state index in [-0.39, 0.29) is 0 Å². The molecule has 4 nitrogen and oxygen atoms in total. The molecule has 0 aliphatic rings. The molecule has 104 valence electrons. The number of hydrogen-bond donors (Lipinski definition) is 2. The predicted octanol–water partition coefficient (Wildman–Crippen LogP) is 3.51. The van der Waals surface area contributed by atoms with Crippen molar-refractivity contribution in [3.63, 3.8) is 0 Å². The molecule has 0 saturated carbocycles. The first-order chi connectivity index (χ1) is 9.38. The van der Waals surface area contributed by atoms with Gasteiger partial charge in [-0.2, -0.15) is 0 Å². The Kier molecular flexibility index (Phi) is 3.56. The van der Waals surface area contributed by atoms with Gasteiger partial charge in [0.25, 0.3) is 0 Å². The minimum atomic E-state index is -0.928. The van der Waals surface area contributed by atoms with Crippen LogP contribution in [0.1, 0.15) is 19.4 Å². The Hall–Kier alpha value is -2.25. The van der Waals surface area contributed by atoms with Crippen molar-refractivity contribution >= 4 is 11.5 Å². The second kappa shape index (κ2) is 5.03. The number of nitrogens with one attached hydrogen (secondary N) is 1. The van der Waals surface area contributed by atoms with Gasteiger partial charge in [-0.25, -0.2) is 0 Å². The van der Waals surface area contributed by atoms with Gasteiger partial charge in [-0.1, -0.05) is 6.57 Å². The monoisotopic (exact) mass is 269 g/mol. The van der Waals surface area contributed by atoms with Crippen LogP contribution in [0.15, 0.2) is 30.3 Å². The van der Waals surface area contributed by atoms with Gasteiger partial charge in [-0.05, 0) is 44.2 Å². The van der Waals surface area contributed by atoms with E-state index < -0.39 is 5.60 Å². The molecule has 0 atom stereocenters. The molecule has 0 unspecified atom stereocenters. The van der Waals surface area contributed by atoms with Gasteiger partial charge in [-0.15, -0.1) is 0 Å². The Balaban J connectivity index is 2.59. The van der Waals surface area contributed by atoms with E-state index in [1.54, 1.807) is 19.9 Å². The van der Waals surface area contributed by atoms with Crippen molar-refractivity contribution in [3.05, 3.63) is 47.3 Å². The SMILES string of the molecule is [C-]#[N+]c1ccc(-c2ccc(NC)c(C(C)(C)O)c2)n1C. The van der Waals surface area contributed by atoms with Crippen LogP contribution < -0.4 is 5.32 Å². The zero-order chi connectivity index (χ0) is 14.9. The second-order valence-electron chi connectivity index (χ2n) is 5.32. The van der Waals surface area contributed by atoms with Gasteiger partial charge in [0.05, 0.1) is 12.6 Å². The van der Waals surface area contributed by atoms with E-state index in [9.17, 15) is 5.11 Å². The smallest absolute Gasteiger partial charge is 0.230 e. The summed E-state index contributed by atoms with van der Waals surface area (Å²) in [4.78, 5) is 3.47. The van der Waals surface area contributed by atoms with Gasteiger partial charge in [0.2, 0.25) is 5.82 Å². The number of anilines is 1. The minimum absolute atomic E-state index is 0.600. The first-order valence-electron chi connectivity index (χ1n) is 6.46. The highest BCUT2D eigenvalue weighted by molar-refractivity contribution is 5.69.